The van der Waals surface area contributed by atoms with Crippen LogP contribution in [0.1, 0.15) is 26.3 Å². The lowest BCUT2D eigenvalue weighted by Gasteiger charge is -2.23. The van der Waals surface area contributed by atoms with E-state index < -0.39 is 23.7 Å². The van der Waals surface area contributed by atoms with Crippen LogP contribution in [-0.2, 0) is 20.9 Å². The zero-order valence-corrected chi connectivity index (χ0v) is 12.6. The molecule has 0 saturated carbocycles. The van der Waals surface area contributed by atoms with E-state index in [0.29, 0.717) is 0 Å². The summed E-state index contributed by atoms with van der Waals surface area (Å²) in [6, 6.07) is 8.31. The summed E-state index contributed by atoms with van der Waals surface area (Å²) in [6.45, 7) is 5.29. The molecule has 1 aromatic rings. The number of hydrogen-bond acceptors (Lipinski definition) is 5. The highest BCUT2D eigenvalue weighted by atomic mass is 16.6. The van der Waals surface area contributed by atoms with Crippen LogP contribution >= 0.6 is 0 Å². The van der Waals surface area contributed by atoms with E-state index >= 15 is 0 Å². The average molecular weight is 294 g/mol. The highest BCUT2D eigenvalue weighted by Gasteiger charge is 2.25. The molecule has 0 aromatic heterocycles. The van der Waals surface area contributed by atoms with Gasteiger partial charge in [0, 0.05) is 6.54 Å². The number of nitrogens with two attached hydrogens (primary N) is 1. The molecule has 0 aliphatic carbocycles. The van der Waals surface area contributed by atoms with E-state index in [4.69, 9.17) is 15.2 Å². The highest BCUT2D eigenvalue weighted by Crippen LogP contribution is 2.08. The van der Waals surface area contributed by atoms with Crippen LogP contribution in [0.5, 0.6) is 0 Å². The molecule has 6 heteroatoms. The minimum Gasteiger partial charge on any atom is -0.458 e. The predicted octanol–water partition coefficient (Wildman–Crippen LogP) is 1.58. The van der Waals surface area contributed by atoms with Crippen LogP contribution in [0.15, 0.2) is 30.3 Å². The van der Waals surface area contributed by atoms with E-state index in [1.54, 1.807) is 20.8 Å². The van der Waals surface area contributed by atoms with Crippen LogP contribution in [0.2, 0.25) is 0 Å². The molecule has 0 spiro atoms. The molecule has 116 valence electrons. The molecular weight excluding hydrogens is 272 g/mol. The Morgan fingerprint density at radius 1 is 1.24 bits per heavy atom. The second-order valence-corrected chi connectivity index (χ2v) is 5.53. The number of nitrogens with one attached hydrogen (secondary N) is 1. The van der Waals surface area contributed by atoms with Crippen molar-refractivity contribution in [3.8, 4) is 0 Å². The molecule has 3 N–H and O–H groups in total. The van der Waals surface area contributed by atoms with Gasteiger partial charge in [0.2, 0.25) is 0 Å². The average Bonchev–Trinajstić information content (AvgIpc) is 2.41. The maximum absolute atomic E-state index is 11.8. The van der Waals surface area contributed by atoms with Gasteiger partial charge >= 0.3 is 12.1 Å². The summed E-state index contributed by atoms with van der Waals surface area (Å²) in [5, 5.41) is 2.40. The molecule has 0 saturated heterocycles. The first-order chi connectivity index (χ1) is 9.81. The quantitative estimate of drug-likeness (QED) is 0.805. The molecule has 0 bridgehead atoms. The van der Waals surface area contributed by atoms with Crippen molar-refractivity contribution in [3.63, 3.8) is 0 Å². The Hall–Kier alpha value is -2.08. The predicted molar refractivity (Wildman–Crippen MR) is 78.5 cm³/mol. The lowest BCUT2D eigenvalue weighted by Crippen LogP contribution is -2.48. The molecule has 0 fully saturated rings. The van der Waals surface area contributed by atoms with Gasteiger partial charge in [-0.1, -0.05) is 30.3 Å². The third-order valence-corrected chi connectivity index (χ3v) is 2.43. The van der Waals surface area contributed by atoms with Gasteiger partial charge in [0.25, 0.3) is 0 Å². The van der Waals surface area contributed by atoms with Crippen molar-refractivity contribution in [2.24, 2.45) is 5.73 Å². The van der Waals surface area contributed by atoms with E-state index in [2.05, 4.69) is 5.32 Å². The zero-order valence-electron chi connectivity index (χ0n) is 12.6. The lowest BCUT2D eigenvalue weighted by molar-refractivity contribution is -0.157. The Morgan fingerprint density at radius 2 is 1.86 bits per heavy atom. The van der Waals surface area contributed by atoms with Crippen molar-refractivity contribution in [3.05, 3.63) is 35.9 Å². The fraction of sp³-hybridized carbons (Fsp3) is 0.467. The van der Waals surface area contributed by atoms with Crippen LogP contribution in [0.25, 0.3) is 0 Å². The van der Waals surface area contributed by atoms with E-state index in [0.717, 1.165) is 5.56 Å². The van der Waals surface area contributed by atoms with Crippen LogP contribution in [0.3, 0.4) is 0 Å². The molecule has 0 aliphatic rings. The topological polar surface area (TPSA) is 90.6 Å². The molecule has 6 nitrogen and oxygen atoms in total. The molecule has 0 radical (unpaired) electrons. The molecule has 0 aliphatic heterocycles. The Kier molecular flexibility index (Phi) is 6.17. The Morgan fingerprint density at radius 3 is 2.38 bits per heavy atom. The van der Waals surface area contributed by atoms with Gasteiger partial charge in [-0.25, -0.2) is 9.59 Å². The lowest BCUT2D eigenvalue weighted by atomic mass is 10.2. The highest BCUT2D eigenvalue weighted by molar-refractivity contribution is 5.81. The van der Waals surface area contributed by atoms with Gasteiger partial charge in [0.05, 0.1) is 0 Å². The van der Waals surface area contributed by atoms with E-state index in [9.17, 15) is 9.59 Å². The number of esters is 1. The molecular formula is C15H22N2O4. The SMILES string of the molecule is CC(C)(C)OC(=O)[C@@H](CN)NC(=O)OCc1ccccc1. The Bertz CT molecular complexity index is 468. The number of ether oxygens (including phenoxy) is 2. The minimum absolute atomic E-state index is 0.0602. The van der Waals surface area contributed by atoms with Gasteiger partial charge in [-0.2, -0.15) is 0 Å². The monoisotopic (exact) mass is 294 g/mol. The van der Waals surface area contributed by atoms with Crippen molar-refractivity contribution in [2.75, 3.05) is 6.54 Å². The third kappa shape index (κ3) is 6.76. The molecule has 0 unspecified atom stereocenters. The normalized spacial score (nSPS) is 12.4. The van der Waals surface area contributed by atoms with Crippen LogP contribution < -0.4 is 11.1 Å². The fourth-order valence-corrected chi connectivity index (χ4v) is 1.49. The molecule has 0 heterocycles. The van der Waals surface area contributed by atoms with Gasteiger partial charge in [0.15, 0.2) is 0 Å². The summed E-state index contributed by atoms with van der Waals surface area (Å²) in [4.78, 5) is 23.5. The maximum Gasteiger partial charge on any atom is 0.408 e. The number of carbonyl (C=O) groups is 2. The first-order valence-electron chi connectivity index (χ1n) is 6.72. The van der Waals surface area contributed by atoms with Gasteiger partial charge < -0.3 is 20.5 Å². The van der Waals surface area contributed by atoms with Crippen LogP contribution in [0, 0.1) is 0 Å². The first kappa shape index (κ1) is 17.0. The van der Waals surface area contributed by atoms with Crippen molar-refractivity contribution in [2.45, 2.75) is 39.0 Å². The first-order valence-corrected chi connectivity index (χ1v) is 6.72. The third-order valence-electron chi connectivity index (χ3n) is 2.43. The number of alkyl carbamates (subject to hydrolysis) is 1. The number of amides is 1. The summed E-state index contributed by atoms with van der Waals surface area (Å²) in [7, 11) is 0. The minimum atomic E-state index is -0.924. The van der Waals surface area contributed by atoms with E-state index in [1.165, 1.54) is 0 Å². The Labute approximate surface area is 124 Å². The maximum atomic E-state index is 11.8. The molecule has 1 atom stereocenters. The number of carbonyl (C=O) groups excluding carboxylic acids is 2. The summed E-state index contributed by atoms with van der Waals surface area (Å²) < 4.78 is 10.2. The van der Waals surface area contributed by atoms with Gasteiger partial charge in [-0.3, -0.25) is 0 Å². The Balaban J connectivity index is 2.45. The van der Waals surface area contributed by atoms with Crippen molar-refractivity contribution in [1.29, 1.82) is 0 Å². The zero-order chi connectivity index (χ0) is 15.9. The van der Waals surface area contributed by atoms with Crippen LogP contribution in [0.4, 0.5) is 4.79 Å². The van der Waals surface area contributed by atoms with Crippen molar-refractivity contribution >= 4 is 12.1 Å². The van der Waals surface area contributed by atoms with Crippen molar-refractivity contribution < 1.29 is 19.1 Å². The number of hydrogen-bond donors (Lipinski definition) is 2. The van der Waals surface area contributed by atoms with E-state index in [1.807, 2.05) is 30.3 Å². The number of rotatable bonds is 5. The largest absolute Gasteiger partial charge is 0.458 e. The van der Waals surface area contributed by atoms with E-state index in [-0.39, 0.29) is 13.2 Å². The fourth-order valence-electron chi connectivity index (χ4n) is 1.49. The summed E-state index contributed by atoms with van der Waals surface area (Å²) >= 11 is 0. The van der Waals surface area contributed by atoms with Gasteiger partial charge in [0.1, 0.15) is 18.2 Å². The summed E-state index contributed by atoms with van der Waals surface area (Å²) in [5.41, 5.74) is 5.69. The smallest absolute Gasteiger partial charge is 0.408 e. The molecule has 1 aromatic carbocycles. The standard InChI is InChI=1S/C15H22N2O4/c1-15(2,3)21-13(18)12(9-16)17-14(19)20-10-11-7-5-4-6-8-11/h4-8,12H,9-10,16H2,1-3H3,(H,17,19)/t12-/m1/s1. The van der Waals surface area contributed by atoms with Crippen LogP contribution in [-0.4, -0.2) is 30.3 Å². The van der Waals surface area contributed by atoms with Gasteiger partial charge in [-0.15, -0.1) is 0 Å². The summed E-state index contributed by atoms with van der Waals surface area (Å²) in [5.74, 6) is -0.582. The molecule has 1 rings (SSSR count). The van der Waals surface area contributed by atoms with Gasteiger partial charge in [-0.05, 0) is 26.3 Å². The summed E-state index contributed by atoms with van der Waals surface area (Å²) in [6.07, 6.45) is -0.708. The molecule has 1 amide bonds. The van der Waals surface area contributed by atoms with Crippen molar-refractivity contribution in [1.82, 2.24) is 5.32 Å². The molecule has 21 heavy (non-hydrogen) atoms. The second kappa shape index (κ2) is 7.64. The number of benzene rings is 1. The second-order valence-electron chi connectivity index (χ2n) is 5.53.